The van der Waals surface area contributed by atoms with Gasteiger partial charge in [-0.05, 0) is 112 Å². The summed E-state index contributed by atoms with van der Waals surface area (Å²) >= 11 is 0. The van der Waals surface area contributed by atoms with Crippen LogP contribution in [0.5, 0.6) is 0 Å². The normalized spacial score (nSPS) is 49.8. The largest absolute Gasteiger partial charge is 0.393 e. The van der Waals surface area contributed by atoms with Gasteiger partial charge in [0.15, 0.2) is 0 Å². The lowest BCUT2D eigenvalue weighted by Crippen LogP contribution is -2.62. The molecule has 0 saturated heterocycles. The van der Waals surface area contributed by atoms with Crippen LogP contribution in [0, 0.1) is 40.4 Å². The molecule has 0 radical (unpaired) electrons. The van der Waals surface area contributed by atoms with Crippen molar-refractivity contribution in [3.63, 3.8) is 0 Å². The van der Waals surface area contributed by atoms with E-state index in [9.17, 15) is 15.3 Å². The summed E-state index contributed by atoms with van der Waals surface area (Å²) in [6, 6.07) is 0. The lowest BCUT2D eigenvalue weighted by Gasteiger charge is -2.64. The fourth-order valence-electron chi connectivity index (χ4n) is 9.26. The molecular weight excluding hydrogens is 372 g/mol. The van der Waals surface area contributed by atoms with Crippen molar-refractivity contribution in [1.82, 2.24) is 0 Å². The summed E-state index contributed by atoms with van der Waals surface area (Å²) in [7, 11) is 0. The Kier molecular flexibility index (Phi) is 5.94. The summed E-state index contributed by atoms with van der Waals surface area (Å²) in [4.78, 5) is 0. The Morgan fingerprint density at radius 3 is 2.40 bits per heavy atom. The molecule has 4 aliphatic rings. The van der Waals surface area contributed by atoms with Crippen molar-refractivity contribution in [2.75, 3.05) is 0 Å². The second-order valence-electron chi connectivity index (χ2n) is 13.2. The molecule has 0 heterocycles. The first-order chi connectivity index (χ1) is 13.9. The molecule has 4 rings (SSSR count). The van der Waals surface area contributed by atoms with E-state index in [0.29, 0.717) is 17.8 Å². The van der Waals surface area contributed by atoms with Crippen LogP contribution in [0.2, 0.25) is 0 Å². The molecule has 0 spiro atoms. The molecule has 4 saturated carbocycles. The van der Waals surface area contributed by atoms with Crippen molar-refractivity contribution in [2.45, 2.75) is 129 Å². The molecule has 0 bridgehead atoms. The lowest BCUT2D eigenvalue weighted by atomic mass is 9.43. The highest BCUT2D eigenvalue weighted by Gasteiger charge is 2.64. The maximum atomic E-state index is 11.6. The summed E-state index contributed by atoms with van der Waals surface area (Å²) < 4.78 is 0. The third-order valence-electron chi connectivity index (χ3n) is 11.0. The van der Waals surface area contributed by atoms with E-state index in [4.69, 9.17) is 0 Å². The number of hydrogen-bond donors (Lipinski definition) is 3. The van der Waals surface area contributed by atoms with Gasteiger partial charge in [-0.15, -0.1) is 0 Å². The predicted molar refractivity (Wildman–Crippen MR) is 122 cm³/mol. The fourth-order valence-corrected chi connectivity index (χ4v) is 9.26. The molecule has 3 nitrogen and oxygen atoms in total. The van der Waals surface area contributed by atoms with Crippen molar-refractivity contribution in [2.24, 2.45) is 40.4 Å². The smallest absolute Gasteiger partial charge is 0.0728 e. The minimum Gasteiger partial charge on any atom is -0.393 e. The van der Waals surface area contributed by atoms with Crippen LogP contribution in [-0.2, 0) is 0 Å². The Hall–Kier alpha value is -0.120. The predicted octanol–water partition coefficient (Wildman–Crippen LogP) is 5.70. The van der Waals surface area contributed by atoms with Gasteiger partial charge >= 0.3 is 0 Å². The van der Waals surface area contributed by atoms with E-state index in [1.165, 1.54) is 32.1 Å². The quantitative estimate of drug-likeness (QED) is 0.535. The molecule has 174 valence electrons. The van der Waals surface area contributed by atoms with Gasteiger partial charge in [0.25, 0.3) is 0 Å². The van der Waals surface area contributed by atoms with Gasteiger partial charge in [0.2, 0.25) is 0 Å². The average Bonchev–Trinajstić information content (AvgIpc) is 2.99. The first-order valence-corrected chi connectivity index (χ1v) is 13.0. The van der Waals surface area contributed by atoms with E-state index in [1.54, 1.807) is 0 Å². The van der Waals surface area contributed by atoms with Gasteiger partial charge in [-0.2, -0.15) is 0 Å². The van der Waals surface area contributed by atoms with Crippen LogP contribution in [-0.4, -0.2) is 32.6 Å². The summed E-state index contributed by atoms with van der Waals surface area (Å²) in [5.74, 6) is 3.75. The summed E-state index contributed by atoms with van der Waals surface area (Å²) in [6.45, 7) is 11.3. The second-order valence-corrected chi connectivity index (χ2v) is 13.2. The number of fused-ring (bicyclic) bond motifs is 5. The zero-order valence-corrected chi connectivity index (χ0v) is 20.3. The van der Waals surface area contributed by atoms with Crippen molar-refractivity contribution in [1.29, 1.82) is 0 Å². The Morgan fingerprint density at radius 1 is 0.967 bits per heavy atom. The van der Waals surface area contributed by atoms with Crippen LogP contribution in [0.1, 0.15) is 112 Å². The molecule has 2 unspecified atom stereocenters. The maximum Gasteiger partial charge on any atom is 0.0728 e. The minimum absolute atomic E-state index is 0.00706. The molecule has 9 atom stereocenters. The molecule has 0 aromatic heterocycles. The second kappa shape index (κ2) is 7.73. The number of aliphatic hydroxyl groups excluding tert-OH is 1. The van der Waals surface area contributed by atoms with Gasteiger partial charge in [0.1, 0.15) is 0 Å². The van der Waals surface area contributed by atoms with Crippen LogP contribution in [0.25, 0.3) is 0 Å². The molecule has 4 fully saturated rings. The van der Waals surface area contributed by atoms with Crippen LogP contribution >= 0.6 is 0 Å². The topological polar surface area (TPSA) is 60.7 Å². The van der Waals surface area contributed by atoms with Crippen molar-refractivity contribution in [3.8, 4) is 0 Å². The standard InChI is InChI=1S/C27H48O3/c1-18(7-6-13-24(2,3)29)21-8-9-22-20-11-16-27(30)17-19(28)10-15-26(27,5)23(20)12-14-25(21,22)4/h18-23,28-30H,6-17H2,1-5H3/t18-,19?,20+,21-,22+,23+,25-,26-,27?/m1/s1. The van der Waals surface area contributed by atoms with E-state index in [-0.39, 0.29) is 11.5 Å². The highest BCUT2D eigenvalue weighted by molar-refractivity contribution is 5.14. The van der Waals surface area contributed by atoms with Crippen molar-refractivity contribution >= 4 is 0 Å². The zero-order valence-electron chi connectivity index (χ0n) is 20.3. The first kappa shape index (κ1) is 23.1. The maximum absolute atomic E-state index is 11.6. The Labute approximate surface area is 185 Å². The van der Waals surface area contributed by atoms with Crippen LogP contribution in [0.3, 0.4) is 0 Å². The van der Waals surface area contributed by atoms with Crippen molar-refractivity contribution in [3.05, 3.63) is 0 Å². The third kappa shape index (κ3) is 3.69. The van der Waals surface area contributed by atoms with E-state index in [0.717, 1.165) is 62.2 Å². The minimum atomic E-state index is -0.651. The first-order valence-electron chi connectivity index (χ1n) is 13.0. The third-order valence-corrected chi connectivity index (χ3v) is 11.0. The van der Waals surface area contributed by atoms with Crippen molar-refractivity contribution < 1.29 is 15.3 Å². The van der Waals surface area contributed by atoms with E-state index < -0.39 is 11.2 Å². The zero-order chi connectivity index (χ0) is 21.9. The Bertz CT molecular complexity index is 626. The van der Waals surface area contributed by atoms with Gasteiger partial charge in [-0.1, -0.05) is 33.6 Å². The summed E-state index contributed by atoms with van der Waals surface area (Å²) in [5.41, 5.74) is -0.744. The van der Waals surface area contributed by atoms with E-state index >= 15 is 0 Å². The molecule has 3 heteroatoms. The van der Waals surface area contributed by atoms with E-state index in [1.807, 2.05) is 13.8 Å². The molecule has 0 aliphatic heterocycles. The average molecular weight is 421 g/mol. The molecular formula is C27H48O3. The molecule has 0 amide bonds. The Morgan fingerprint density at radius 2 is 1.70 bits per heavy atom. The fraction of sp³-hybridized carbons (Fsp3) is 1.00. The van der Waals surface area contributed by atoms with Gasteiger partial charge in [0.05, 0.1) is 17.3 Å². The molecule has 30 heavy (non-hydrogen) atoms. The number of aliphatic hydroxyl groups is 3. The number of hydrogen-bond acceptors (Lipinski definition) is 3. The van der Waals surface area contributed by atoms with Crippen LogP contribution in [0.15, 0.2) is 0 Å². The SMILES string of the molecule is C[C@H](CCCC(C)(C)O)[C@H]1CC[C@H]2[C@@H]3CCC4(O)CC(O)CC[C@]4(C)[C@H]3CC[C@]12C. The Balaban J connectivity index is 1.47. The van der Waals surface area contributed by atoms with E-state index in [2.05, 4.69) is 20.8 Å². The van der Waals surface area contributed by atoms with Gasteiger partial charge in [0, 0.05) is 6.42 Å². The lowest BCUT2D eigenvalue weighted by molar-refractivity contribution is -0.220. The highest BCUT2D eigenvalue weighted by Crippen LogP contribution is 2.69. The molecule has 0 aromatic rings. The van der Waals surface area contributed by atoms with Gasteiger partial charge in [-0.25, -0.2) is 0 Å². The van der Waals surface area contributed by atoms with Crippen LogP contribution < -0.4 is 0 Å². The van der Waals surface area contributed by atoms with Crippen LogP contribution in [0.4, 0.5) is 0 Å². The highest BCUT2D eigenvalue weighted by atomic mass is 16.3. The molecule has 3 N–H and O–H groups in total. The molecule has 0 aromatic carbocycles. The summed E-state index contributed by atoms with van der Waals surface area (Å²) in [6.07, 6.45) is 12.8. The van der Waals surface area contributed by atoms with Gasteiger partial charge < -0.3 is 15.3 Å². The summed E-state index contributed by atoms with van der Waals surface area (Å²) in [5, 5.41) is 31.9. The molecule has 4 aliphatic carbocycles. The number of rotatable bonds is 5. The monoisotopic (exact) mass is 420 g/mol. The van der Waals surface area contributed by atoms with Gasteiger partial charge in [-0.3, -0.25) is 0 Å².